The van der Waals surface area contributed by atoms with Crippen LogP contribution in [0.1, 0.15) is 5.56 Å². The van der Waals surface area contributed by atoms with Gasteiger partial charge >= 0.3 is 6.09 Å². The molecule has 0 aliphatic carbocycles. The number of hydrogen-bond acceptors (Lipinski definition) is 4. The molecule has 3 N–H and O–H groups in total. The van der Waals surface area contributed by atoms with E-state index >= 15 is 0 Å². The van der Waals surface area contributed by atoms with Crippen molar-refractivity contribution in [3.63, 3.8) is 0 Å². The highest BCUT2D eigenvalue weighted by Gasteiger charge is 2.31. The van der Waals surface area contributed by atoms with Crippen molar-refractivity contribution in [1.29, 1.82) is 0 Å². The van der Waals surface area contributed by atoms with E-state index in [-0.39, 0.29) is 6.61 Å². The SMILES string of the molecule is NC(=O)C1CNCCN1C(=O)OCc1ccccc1. The molecule has 0 aromatic heterocycles. The van der Waals surface area contributed by atoms with Gasteiger partial charge in [0.2, 0.25) is 5.91 Å². The largest absolute Gasteiger partial charge is 0.445 e. The molecule has 0 bridgehead atoms. The topological polar surface area (TPSA) is 84.7 Å². The summed E-state index contributed by atoms with van der Waals surface area (Å²) in [6.45, 7) is 1.61. The van der Waals surface area contributed by atoms with Gasteiger partial charge in [0.1, 0.15) is 12.6 Å². The number of nitrogens with zero attached hydrogens (tertiary/aromatic N) is 1. The Balaban J connectivity index is 1.93. The predicted molar refractivity (Wildman–Crippen MR) is 69.2 cm³/mol. The van der Waals surface area contributed by atoms with Crippen LogP contribution in [-0.2, 0) is 16.1 Å². The van der Waals surface area contributed by atoms with Crippen molar-refractivity contribution >= 4 is 12.0 Å². The minimum Gasteiger partial charge on any atom is -0.445 e. The maximum atomic E-state index is 12.0. The second kappa shape index (κ2) is 6.19. The Hall–Kier alpha value is -2.08. The Morgan fingerprint density at radius 3 is 2.79 bits per heavy atom. The summed E-state index contributed by atoms with van der Waals surface area (Å²) in [5.41, 5.74) is 6.18. The van der Waals surface area contributed by atoms with Crippen LogP contribution in [-0.4, -0.2) is 42.6 Å². The van der Waals surface area contributed by atoms with Crippen molar-refractivity contribution in [2.45, 2.75) is 12.6 Å². The number of benzene rings is 1. The number of primary amides is 1. The monoisotopic (exact) mass is 263 g/mol. The summed E-state index contributed by atoms with van der Waals surface area (Å²) in [5, 5.41) is 3.02. The fourth-order valence-electron chi connectivity index (χ4n) is 1.98. The zero-order valence-electron chi connectivity index (χ0n) is 10.5. The van der Waals surface area contributed by atoms with E-state index in [9.17, 15) is 9.59 Å². The van der Waals surface area contributed by atoms with E-state index in [1.54, 1.807) is 0 Å². The molecular formula is C13H17N3O3. The van der Waals surface area contributed by atoms with Gasteiger partial charge in [-0.2, -0.15) is 0 Å². The maximum Gasteiger partial charge on any atom is 0.410 e. The Labute approximate surface area is 111 Å². The first-order valence-electron chi connectivity index (χ1n) is 6.16. The predicted octanol–water partition coefficient (Wildman–Crippen LogP) is 0.0823. The zero-order chi connectivity index (χ0) is 13.7. The molecule has 1 aromatic rings. The molecule has 6 nitrogen and oxygen atoms in total. The molecule has 1 unspecified atom stereocenters. The van der Waals surface area contributed by atoms with Gasteiger partial charge in [-0.05, 0) is 5.56 Å². The van der Waals surface area contributed by atoms with Crippen LogP contribution in [0.5, 0.6) is 0 Å². The van der Waals surface area contributed by atoms with Gasteiger partial charge in [-0.15, -0.1) is 0 Å². The Morgan fingerprint density at radius 1 is 1.37 bits per heavy atom. The summed E-state index contributed by atoms with van der Waals surface area (Å²) >= 11 is 0. The lowest BCUT2D eigenvalue weighted by Crippen LogP contribution is -2.58. The van der Waals surface area contributed by atoms with Gasteiger partial charge in [-0.25, -0.2) is 4.79 Å². The highest BCUT2D eigenvalue weighted by Crippen LogP contribution is 2.08. The Kier molecular flexibility index (Phi) is 4.35. The molecule has 1 aliphatic heterocycles. The molecule has 1 aliphatic rings. The third kappa shape index (κ3) is 3.45. The molecule has 2 rings (SSSR count). The third-order valence-electron chi connectivity index (χ3n) is 3.01. The molecule has 1 atom stereocenters. The third-order valence-corrected chi connectivity index (χ3v) is 3.01. The van der Waals surface area contributed by atoms with E-state index in [1.807, 2.05) is 30.3 Å². The minimum absolute atomic E-state index is 0.190. The van der Waals surface area contributed by atoms with Crippen molar-refractivity contribution in [3.05, 3.63) is 35.9 Å². The molecular weight excluding hydrogens is 246 g/mol. The number of rotatable bonds is 3. The van der Waals surface area contributed by atoms with Gasteiger partial charge in [-0.3, -0.25) is 9.69 Å². The number of piperazine rings is 1. The first kappa shape index (κ1) is 13.4. The number of carbonyl (C=O) groups excluding carboxylic acids is 2. The van der Waals surface area contributed by atoms with Crippen LogP contribution in [0.25, 0.3) is 0 Å². The molecule has 0 spiro atoms. The van der Waals surface area contributed by atoms with Crippen molar-refractivity contribution in [2.75, 3.05) is 19.6 Å². The molecule has 0 radical (unpaired) electrons. The summed E-state index contributed by atoms with van der Waals surface area (Å²) < 4.78 is 5.20. The molecule has 19 heavy (non-hydrogen) atoms. The van der Waals surface area contributed by atoms with Crippen LogP contribution < -0.4 is 11.1 Å². The molecule has 1 heterocycles. The average molecular weight is 263 g/mol. The smallest absolute Gasteiger partial charge is 0.410 e. The van der Waals surface area contributed by atoms with Gasteiger partial charge in [0.15, 0.2) is 0 Å². The second-order valence-corrected chi connectivity index (χ2v) is 4.36. The van der Waals surface area contributed by atoms with Crippen molar-refractivity contribution in [3.8, 4) is 0 Å². The van der Waals surface area contributed by atoms with E-state index in [0.717, 1.165) is 5.56 Å². The van der Waals surface area contributed by atoms with Crippen LogP contribution in [0.3, 0.4) is 0 Å². The van der Waals surface area contributed by atoms with E-state index < -0.39 is 18.0 Å². The normalized spacial score (nSPS) is 18.9. The van der Waals surface area contributed by atoms with Crippen LogP contribution >= 0.6 is 0 Å². The van der Waals surface area contributed by atoms with Gasteiger partial charge in [0.05, 0.1) is 0 Å². The van der Waals surface area contributed by atoms with E-state index in [1.165, 1.54) is 4.90 Å². The number of ether oxygens (including phenoxy) is 1. The Bertz CT molecular complexity index is 450. The summed E-state index contributed by atoms with van der Waals surface area (Å²) in [6.07, 6.45) is -0.505. The quantitative estimate of drug-likeness (QED) is 0.809. The summed E-state index contributed by atoms with van der Waals surface area (Å²) in [7, 11) is 0. The van der Waals surface area contributed by atoms with E-state index in [0.29, 0.717) is 19.6 Å². The summed E-state index contributed by atoms with van der Waals surface area (Å²) in [6, 6.07) is 8.75. The lowest BCUT2D eigenvalue weighted by atomic mass is 10.2. The van der Waals surface area contributed by atoms with E-state index in [4.69, 9.17) is 10.5 Å². The fourth-order valence-corrected chi connectivity index (χ4v) is 1.98. The number of hydrogen-bond donors (Lipinski definition) is 2. The number of nitrogens with one attached hydrogen (secondary N) is 1. The summed E-state index contributed by atoms with van der Waals surface area (Å²) in [4.78, 5) is 24.6. The molecule has 102 valence electrons. The molecule has 1 aromatic carbocycles. The zero-order valence-corrected chi connectivity index (χ0v) is 10.5. The summed E-state index contributed by atoms with van der Waals surface area (Å²) in [5.74, 6) is -0.524. The van der Waals surface area contributed by atoms with Gasteiger partial charge < -0.3 is 15.8 Å². The highest BCUT2D eigenvalue weighted by molar-refractivity contribution is 5.84. The maximum absolute atomic E-state index is 12.0. The molecule has 1 fully saturated rings. The van der Waals surface area contributed by atoms with Crippen molar-refractivity contribution < 1.29 is 14.3 Å². The highest BCUT2D eigenvalue weighted by atomic mass is 16.6. The number of amides is 2. The van der Waals surface area contributed by atoms with Gasteiger partial charge in [-0.1, -0.05) is 30.3 Å². The second-order valence-electron chi connectivity index (χ2n) is 4.36. The van der Waals surface area contributed by atoms with Gasteiger partial charge in [0, 0.05) is 19.6 Å². The lowest BCUT2D eigenvalue weighted by molar-refractivity contribution is -0.123. The first-order valence-corrected chi connectivity index (χ1v) is 6.16. The fraction of sp³-hybridized carbons (Fsp3) is 0.385. The van der Waals surface area contributed by atoms with Crippen molar-refractivity contribution in [1.82, 2.24) is 10.2 Å². The standard InChI is InChI=1S/C13H17N3O3/c14-12(17)11-8-15-6-7-16(11)13(18)19-9-10-4-2-1-3-5-10/h1-5,11,15H,6-9H2,(H2,14,17). The van der Waals surface area contributed by atoms with E-state index in [2.05, 4.69) is 5.32 Å². The molecule has 0 saturated carbocycles. The van der Waals surface area contributed by atoms with Crippen LogP contribution in [0, 0.1) is 0 Å². The lowest BCUT2D eigenvalue weighted by Gasteiger charge is -2.33. The molecule has 1 saturated heterocycles. The van der Waals surface area contributed by atoms with Crippen LogP contribution in [0.15, 0.2) is 30.3 Å². The average Bonchev–Trinajstić information content (AvgIpc) is 2.46. The van der Waals surface area contributed by atoms with Crippen LogP contribution in [0.4, 0.5) is 4.79 Å². The van der Waals surface area contributed by atoms with Crippen LogP contribution in [0.2, 0.25) is 0 Å². The Morgan fingerprint density at radius 2 is 2.11 bits per heavy atom. The van der Waals surface area contributed by atoms with Gasteiger partial charge in [0.25, 0.3) is 0 Å². The first-order chi connectivity index (χ1) is 9.18. The molecule has 2 amide bonds. The number of nitrogens with two attached hydrogens (primary N) is 1. The minimum atomic E-state index is -0.642. The van der Waals surface area contributed by atoms with Crippen molar-refractivity contribution in [2.24, 2.45) is 5.73 Å². The molecule has 6 heteroatoms. The number of carbonyl (C=O) groups is 2.